The summed E-state index contributed by atoms with van der Waals surface area (Å²) in [5.41, 5.74) is 1.63. The van der Waals surface area contributed by atoms with Gasteiger partial charge in [0.15, 0.2) is 0 Å². The lowest BCUT2D eigenvalue weighted by Crippen LogP contribution is -2.29. The fourth-order valence-corrected chi connectivity index (χ4v) is 4.75. The number of sulfonamides is 1. The van der Waals surface area contributed by atoms with Crippen LogP contribution >= 0.6 is 0 Å². The minimum atomic E-state index is -3.81. The highest BCUT2D eigenvalue weighted by Crippen LogP contribution is 2.24. The Morgan fingerprint density at radius 1 is 1.26 bits per heavy atom. The molecule has 0 bridgehead atoms. The zero-order valence-electron chi connectivity index (χ0n) is 18.0. The molecule has 0 aliphatic heterocycles. The number of aromatic nitrogens is 2. The summed E-state index contributed by atoms with van der Waals surface area (Å²) in [6.45, 7) is 3.59. The number of rotatable bonds is 9. The standard InChI is InChI=1S/C21H26N4O5S/c1-15-21(31(27,28)24(3)13-19-9-6-10-30-19)16(2)25(23-15)14-20(26)22-12-17-7-5-8-18(11-17)29-4/h5-11H,12-14H2,1-4H3,(H,22,26). The van der Waals surface area contributed by atoms with Crippen molar-refractivity contribution in [2.24, 2.45) is 0 Å². The number of methoxy groups -OCH3 is 1. The average molecular weight is 447 g/mol. The Hall–Kier alpha value is -3.11. The van der Waals surface area contributed by atoms with Crippen LogP contribution in [-0.4, -0.2) is 42.6 Å². The molecule has 1 amide bonds. The van der Waals surface area contributed by atoms with Gasteiger partial charge in [-0.05, 0) is 43.7 Å². The number of hydrogen-bond donors (Lipinski definition) is 1. The van der Waals surface area contributed by atoms with Crippen LogP contribution in [0.25, 0.3) is 0 Å². The van der Waals surface area contributed by atoms with E-state index >= 15 is 0 Å². The van der Waals surface area contributed by atoms with Gasteiger partial charge < -0.3 is 14.5 Å². The molecule has 31 heavy (non-hydrogen) atoms. The van der Waals surface area contributed by atoms with Crippen LogP contribution in [0.4, 0.5) is 0 Å². The molecule has 0 fully saturated rings. The van der Waals surface area contributed by atoms with Crippen molar-refractivity contribution in [3.8, 4) is 5.75 Å². The summed E-state index contributed by atoms with van der Waals surface area (Å²) in [4.78, 5) is 12.5. The van der Waals surface area contributed by atoms with Gasteiger partial charge in [0.2, 0.25) is 15.9 Å². The Labute approximate surface area is 181 Å². The van der Waals surface area contributed by atoms with Crippen molar-refractivity contribution in [2.75, 3.05) is 14.2 Å². The molecule has 3 aromatic rings. The number of ether oxygens (including phenoxy) is 1. The van der Waals surface area contributed by atoms with Crippen molar-refractivity contribution in [1.82, 2.24) is 19.4 Å². The lowest BCUT2D eigenvalue weighted by molar-refractivity contribution is -0.122. The van der Waals surface area contributed by atoms with E-state index in [1.54, 1.807) is 33.1 Å². The molecule has 0 aliphatic rings. The lowest BCUT2D eigenvalue weighted by atomic mass is 10.2. The third kappa shape index (κ3) is 5.15. The summed E-state index contributed by atoms with van der Waals surface area (Å²) in [6.07, 6.45) is 1.49. The van der Waals surface area contributed by atoms with E-state index in [1.807, 2.05) is 24.3 Å². The molecule has 9 nitrogen and oxygen atoms in total. The first kappa shape index (κ1) is 22.6. The molecule has 1 N–H and O–H groups in total. The third-order valence-corrected chi connectivity index (χ3v) is 6.92. The van der Waals surface area contributed by atoms with E-state index in [0.717, 1.165) is 5.56 Å². The van der Waals surface area contributed by atoms with Gasteiger partial charge in [-0.3, -0.25) is 9.48 Å². The summed E-state index contributed by atoms with van der Waals surface area (Å²) in [5, 5.41) is 7.10. The van der Waals surface area contributed by atoms with Crippen LogP contribution in [0.3, 0.4) is 0 Å². The fourth-order valence-electron chi connectivity index (χ4n) is 3.25. The number of amides is 1. The van der Waals surface area contributed by atoms with Crippen LogP contribution in [0.5, 0.6) is 5.75 Å². The maximum atomic E-state index is 13.1. The molecular formula is C21H26N4O5S. The predicted octanol–water partition coefficient (Wildman–Crippen LogP) is 2.24. The maximum absolute atomic E-state index is 13.1. The summed E-state index contributed by atoms with van der Waals surface area (Å²) < 4.78 is 39.2. The van der Waals surface area contributed by atoms with Crippen LogP contribution in [-0.2, 0) is 34.5 Å². The third-order valence-electron chi connectivity index (χ3n) is 4.86. The summed E-state index contributed by atoms with van der Waals surface area (Å²) in [6, 6.07) is 10.8. The number of hydrogen-bond acceptors (Lipinski definition) is 6. The number of benzene rings is 1. The Morgan fingerprint density at radius 2 is 2.03 bits per heavy atom. The molecule has 2 heterocycles. The van der Waals surface area contributed by atoms with Crippen LogP contribution in [0.1, 0.15) is 22.7 Å². The second-order valence-electron chi connectivity index (χ2n) is 7.13. The number of furan rings is 1. The Morgan fingerprint density at radius 3 is 2.71 bits per heavy atom. The van der Waals surface area contributed by atoms with E-state index in [9.17, 15) is 13.2 Å². The molecule has 2 aromatic heterocycles. The van der Waals surface area contributed by atoms with Gasteiger partial charge in [0.1, 0.15) is 22.9 Å². The van der Waals surface area contributed by atoms with E-state index in [0.29, 0.717) is 29.4 Å². The number of nitrogens with one attached hydrogen (secondary N) is 1. The maximum Gasteiger partial charge on any atom is 0.246 e. The first-order valence-electron chi connectivity index (χ1n) is 9.64. The van der Waals surface area contributed by atoms with Crippen LogP contribution in [0, 0.1) is 13.8 Å². The van der Waals surface area contributed by atoms with Gasteiger partial charge in [-0.15, -0.1) is 0 Å². The number of nitrogens with zero attached hydrogens (tertiary/aromatic N) is 3. The van der Waals surface area contributed by atoms with Crippen molar-refractivity contribution in [3.05, 3.63) is 65.4 Å². The van der Waals surface area contributed by atoms with E-state index in [4.69, 9.17) is 9.15 Å². The summed E-state index contributed by atoms with van der Waals surface area (Å²) in [5.74, 6) is 0.964. The average Bonchev–Trinajstić information content (AvgIpc) is 3.34. The lowest BCUT2D eigenvalue weighted by Gasteiger charge is -2.16. The minimum Gasteiger partial charge on any atom is -0.497 e. The van der Waals surface area contributed by atoms with Crippen molar-refractivity contribution >= 4 is 15.9 Å². The van der Waals surface area contributed by atoms with E-state index in [1.165, 1.54) is 22.3 Å². The van der Waals surface area contributed by atoms with Crippen LogP contribution in [0.15, 0.2) is 52.0 Å². The highest BCUT2D eigenvalue weighted by atomic mass is 32.2. The van der Waals surface area contributed by atoms with E-state index < -0.39 is 10.0 Å². The molecule has 0 atom stereocenters. The largest absolute Gasteiger partial charge is 0.497 e. The Balaban J connectivity index is 1.70. The SMILES string of the molecule is COc1cccc(CNC(=O)Cn2nc(C)c(S(=O)(=O)N(C)Cc3ccco3)c2C)c1. The molecule has 0 unspecified atom stereocenters. The molecular weight excluding hydrogens is 420 g/mol. The topological polar surface area (TPSA) is 107 Å². The van der Waals surface area contributed by atoms with E-state index in [-0.39, 0.29) is 23.9 Å². The van der Waals surface area contributed by atoms with Gasteiger partial charge in [0, 0.05) is 13.6 Å². The zero-order valence-corrected chi connectivity index (χ0v) is 18.8. The second-order valence-corrected chi connectivity index (χ2v) is 9.11. The fraction of sp³-hybridized carbons (Fsp3) is 0.333. The van der Waals surface area contributed by atoms with Gasteiger partial charge in [-0.2, -0.15) is 9.40 Å². The van der Waals surface area contributed by atoms with Gasteiger partial charge in [0.05, 0.1) is 31.3 Å². The van der Waals surface area contributed by atoms with Gasteiger partial charge in [0.25, 0.3) is 0 Å². The monoisotopic (exact) mass is 446 g/mol. The number of aryl methyl sites for hydroxylation is 1. The minimum absolute atomic E-state index is 0.0892. The molecule has 0 aliphatic carbocycles. The molecule has 10 heteroatoms. The van der Waals surface area contributed by atoms with Crippen molar-refractivity contribution < 1.29 is 22.4 Å². The highest BCUT2D eigenvalue weighted by molar-refractivity contribution is 7.89. The van der Waals surface area contributed by atoms with Gasteiger partial charge in [-0.25, -0.2) is 8.42 Å². The Kier molecular flexibility index (Phi) is 6.81. The molecule has 0 saturated heterocycles. The Bertz CT molecular complexity index is 1150. The number of carbonyl (C=O) groups is 1. The van der Waals surface area contributed by atoms with Crippen molar-refractivity contribution in [3.63, 3.8) is 0 Å². The van der Waals surface area contributed by atoms with Crippen molar-refractivity contribution in [1.29, 1.82) is 0 Å². The normalized spacial score (nSPS) is 11.6. The van der Waals surface area contributed by atoms with Crippen LogP contribution in [0.2, 0.25) is 0 Å². The summed E-state index contributed by atoms with van der Waals surface area (Å²) >= 11 is 0. The second kappa shape index (κ2) is 9.36. The molecule has 1 aromatic carbocycles. The smallest absolute Gasteiger partial charge is 0.246 e. The van der Waals surface area contributed by atoms with Crippen LogP contribution < -0.4 is 10.1 Å². The summed E-state index contributed by atoms with van der Waals surface area (Å²) in [7, 11) is -0.747. The van der Waals surface area contributed by atoms with Crippen molar-refractivity contribution in [2.45, 2.75) is 38.4 Å². The van der Waals surface area contributed by atoms with Gasteiger partial charge in [-0.1, -0.05) is 12.1 Å². The molecule has 0 radical (unpaired) electrons. The first-order chi connectivity index (χ1) is 14.7. The number of carbonyl (C=O) groups excluding carboxylic acids is 1. The van der Waals surface area contributed by atoms with E-state index in [2.05, 4.69) is 10.4 Å². The molecule has 166 valence electrons. The first-order valence-corrected chi connectivity index (χ1v) is 11.1. The predicted molar refractivity (Wildman–Crippen MR) is 114 cm³/mol. The zero-order chi connectivity index (χ0) is 22.6. The molecule has 3 rings (SSSR count). The van der Waals surface area contributed by atoms with Gasteiger partial charge >= 0.3 is 0 Å². The highest BCUT2D eigenvalue weighted by Gasteiger charge is 2.29. The molecule has 0 saturated carbocycles. The molecule has 0 spiro atoms. The quantitative estimate of drug-likeness (QED) is 0.540.